The maximum Gasteiger partial charge on any atom is 0.250 e. The van der Waals surface area contributed by atoms with Crippen LogP contribution in [0.1, 0.15) is 18.1 Å². The number of rotatable bonds is 10. The third-order valence-electron chi connectivity index (χ3n) is 4.67. The number of hydrazone groups is 1. The molecule has 0 unspecified atom stereocenters. The number of aromatic nitrogens is 2. The molecule has 1 amide bonds. The van der Waals surface area contributed by atoms with Crippen molar-refractivity contribution < 1.29 is 14.3 Å². The molecule has 0 aliphatic rings. The molecule has 0 bridgehead atoms. The first-order valence-corrected chi connectivity index (χ1v) is 12.7. The number of hydrogen-bond donors (Lipinski definition) is 2. The average Bonchev–Trinajstić information content (AvgIpc) is 3.26. The van der Waals surface area contributed by atoms with E-state index in [1.54, 1.807) is 6.21 Å². The van der Waals surface area contributed by atoms with E-state index in [9.17, 15) is 4.79 Å². The molecule has 4 aromatic rings. The number of amides is 1. The molecule has 174 valence electrons. The van der Waals surface area contributed by atoms with Crippen LogP contribution in [-0.4, -0.2) is 34.4 Å². The molecule has 0 radical (unpaired) electrons. The molecule has 1 heterocycles. The average molecular weight is 586 g/mol. The molecule has 0 aliphatic heterocycles. The molecule has 0 saturated heterocycles. The van der Waals surface area contributed by atoms with Gasteiger partial charge in [-0.2, -0.15) is 5.10 Å². The highest BCUT2D eigenvalue weighted by Crippen LogP contribution is 2.34. The zero-order chi connectivity index (χ0) is 23.8. The van der Waals surface area contributed by atoms with Crippen molar-refractivity contribution in [2.75, 3.05) is 12.4 Å². The number of nitrogens with zero attached hydrogens (tertiary/aromatic N) is 2. The van der Waals surface area contributed by atoms with E-state index in [-0.39, 0.29) is 11.7 Å². The van der Waals surface area contributed by atoms with Crippen LogP contribution in [0.3, 0.4) is 0 Å². The van der Waals surface area contributed by atoms with Crippen LogP contribution in [0.15, 0.2) is 77.0 Å². The van der Waals surface area contributed by atoms with E-state index >= 15 is 0 Å². The van der Waals surface area contributed by atoms with Crippen molar-refractivity contribution in [3.8, 4) is 11.5 Å². The van der Waals surface area contributed by atoms with Gasteiger partial charge in [0.05, 0.1) is 33.2 Å². The molecule has 0 spiro atoms. The summed E-state index contributed by atoms with van der Waals surface area (Å²) in [7, 11) is 0. The minimum Gasteiger partial charge on any atom is -0.490 e. The highest BCUT2D eigenvalue weighted by atomic mass is 127. The molecule has 2 N–H and O–H groups in total. The van der Waals surface area contributed by atoms with Gasteiger partial charge in [-0.3, -0.25) is 4.79 Å². The molecule has 0 aliphatic carbocycles. The Morgan fingerprint density at radius 1 is 1.15 bits per heavy atom. The highest BCUT2D eigenvalue weighted by Gasteiger charge is 2.12. The van der Waals surface area contributed by atoms with Crippen molar-refractivity contribution >= 4 is 57.5 Å². The Morgan fingerprint density at radius 2 is 1.94 bits per heavy atom. The van der Waals surface area contributed by atoms with Crippen molar-refractivity contribution in [2.24, 2.45) is 5.10 Å². The Kier molecular flexibility index (Phi) is 8.42. The summed E-state index contributed by atoms with van der Waals surface area (Å²) >= 11 is 3.54. The number of fused-ring (bicyclic) bond motifs is 1. The van der Waals surface area contributed by atoms with E-state index in [1.165, 1.54) is 11.8 Å². The molecule has 4 rings (SSSR count). The van der Waals surface area contributed by atoms with Gasteiger partial charge in [-0.05, 0) is 64.9 Å². The van der Waals surface area contributed by atoms with E-state index in [0.29, 0.717) is 29.9 Å². The van der Waals surface area contributed by atoms with E-state index in [4.69, 9.17) is 9.47 Å². The first kappa shape index (κ1) is 24.1. The Labute approximate surface area is 215 Å². The van der Waals surface area contributed by atoms with E-state index in [2.05, 4.69) is 43.1 Å². The molecular weight excluding hydrogens is 563 g/mol. The first-order chi connectivity index (χ1) is 16.6. The minimum absolute atomic E-state index is 0.200. The number of nitrogens with one attached hydrogen (secondary N) is 2. The summed E-state index contributed by atoms with van der Waals surface area (Å²) in [6, 6.07) is 21.5. The second-order valence-electron chi connectivity index (χ2n) is 7.18. The van der Waals surface area contributed by atoms with Crippen LogP contribution in [-0.2, 0) is 11.4 Å². The maximum atomic E-state index is 12.2. The number of carbonyl (C=O) groups is 1. The van der Waals surface area contributed by atoms with Crippen molar-refractivity contribution in [3.63, 3.8) is 0 Å². The number of para-hydroxylation sites is 2. The molecule has 34 heavy (non-hydrogen) atoms. The fraction of sp³-hybridized carbons (Fsp3) is 0.160. The van der Waals surface area contributed by atoms with E-state index < -0.39 is 0 Å². The van der Waals surface area contributed by atoms with E-state index in [0.717, 1.165) is 25.7 Å². The predicted octanol–water partition coefficient (Wildman–Crippen LogP) is 5.39. The van der Waals surface area contributed by atoms with Crippen molar-refractivity contribution in [1.82, 2.24) is 15.4 Å². The van der Waals surface area contributed by atoms with Gasteiger partial charge in [0.1, 0.15) is 6.61 Å². The topological polar surface area (TPSA) is 88.6 Å². The largest absolute Gasteiger partial charge is 0.490 e. The third kappa shape index (κ3) is 6.51. The predicted molar refractivity (Wildman–Crippen MR) is 144 cm³/mol. The lowest BCUT2D eigenvalue weighted by Crippen LogP contribution is -2.19. The van der Waals surface area contributed by atoms with Crippen LogP contribution in [0.2, 0.25) is 0 Å². The highest BCUT2D eigenvalue weighted by molar-refractivity contribution is 14.1. The maximum absolute atomic E-state index is 12.2. The van der Waals surface area contributed by atoms with Crippen LogP contribution in [0, 0.1) is 3.57 Å². The fourth-order valence-electron chi connectivity index (χ4n) is 3.14. The van der Waals surface area contributed by atoms with Gasteiger partial charge in [0.25, 0.3) is 5.91 Å². The second kappa shape index (κ2) is 11.9. The molecule has 1 aromatic heterocycles. The number of benzene rings is 3. The zero-order valence-corrected chi connectivity index (χ0v) is 21.4. The zero-order valence-electron chi connectivity index (χ0n) is 18.5. The Balaban J connectivity index is 1.35. The normalized spacial score (nSPS) is 11.1. The van der Waals surface area contributed by atoms with Crippen molar-refractivity contribution in [3.05, 3.63) is 81.4 Å². The summed E-state index contributed by atoms with van der Waals surface area (Å²) in [5, 5.41) is 4.79. The molecule has 0 saturated carbocycles. The monoisotopic (exact) mass is 586 g/mol. The molecule has 7 nitrogen and oxygen atoms in total. The van der Waals surface area contributed by atoms with Gasteiger partial charge in [0.2, 0.25) is 0 Å². The number of halogens is 1. The number of ether oxygens (including phenoxy) is 2. The summed E-state index contributed by atoms with van der Waals surface area (Å²) in [6.45, 7) is 2.88. The molecule has 0 fully saturated rings. The van der Waals surface area contributed by atoms with Gasteiger partial charge in [-0.25, -0.2) is 10.4 Å². The van der Waals surface area contributed by atoms with Crippen LogP contribution in [0.5, 0.6) is 11.5 Å². The summed E-state index contributed by atoms with van der Waals surface area (Å²) in [5.74, 6) is 1.31. The fourth-order valence-corrected chi connectivity index (χ4v) is 4.60. The third-order valence-corrected chi connectivity index (χ3v) is 6.34. The molecule has 0 atom stereocenters. The van der Waals surface area contributed by atoms with Gasteiger partial charge >= 0.3 is 0 Å². The number of aromatic amines is 1. The second-order valence-corrected chi connectivity index (χ2v) is 9.30. The Hall–Kier alpha value is -3.05. The quantitative estimate of drug-likeness (QED) is 0.113. The van der Waals surface area contributed by atoms with Gasteiger partial charge in [-0.1, -0.05) is 54.2 Å². The minimum atomic E-state index is -0.218. The lowest BCUT2D eigenvalue weighted by atomic mass is 10.2. The number of hydrogen-bond acceptors (Lipinski definition) is 6. The summed E-state index contributed by atoms with van der Waals surface area (Å²) < 4.78 is 12.7. The summed E-state index contributed by atoms with van der Waals surface area (Å²) in [6.07, 6.45) is 1.59. The van der Waals surface area contributed by atoms with Gasteiger partial charge in [0.15, 0.2) is 16.7 Å². The first-order valence-electron chi connectivity index (χ1n) is 10.6. The Morgan fingerprint density at radius 3 is 2.74 bits per heavy atom. The van der Waals surface area contributed by atoms with Crippen LogP contribution in [0.4, 0.5) is 0 Å². The lowest BCUT2D eigenvalue weighted by molar-refractivity contribution is -0.118. The smallest absolute Gasteiger partial charge is 0.250 e. The summed E-state index contributed by atoms with van der Waals surface area (Å²) in [5.41, 5.74) is 6.25. The van der Waals surface area contributed by atoms with Crippen molar-refractivity contribution in [1.29, 1.82) is 0 Å². The van der Waals surface area contributed by atoms with Crippen molar-refractivity contribution in [2.45, 2.75) is 18.7 Å². The standard InChI is InChI=1S/C25H23IN4O3S/c1-2-32-22-13-18(12-19(26)24(22)33-15-17-8-4-3-5-9-17)14-27-30-23(31)16-34-25-28-20-10-6-7-11-21(20)29-25/h3-14H,2,15-16H2,1H3,(H,28,29)(H,30,31)/b27-14-. The lowest BCUT2D eigenvalue weighted by Gasteiger charge is -2.14. The molecule has 3 aromatic carbocycles. The molecule has 9 heteroatoms. The van der Waals surface area contributed by atoms with Gasteiger partial charge in [0, 0.05) is 0 Å². The van der Waals surface area contributed by atoms with Crippen LogP contribution < -0.4 is 14.9 Å². The SMILES string of the molecule is CCOc1cc(/C=N\NC(=O)CSc2nc3ccccc3[nH]2)cc(I)c1OCc1ccccc1. The van der Waals surface area contributed by atoms with Crippen LogP contribution >= 0.6 is 34.4 Å². The van der Waals surface area contributed by atoms with Gasteiger partial charge in [-0.15, -0.1) is 0 Å². The summed E-state index contributed by atoms with van der Waals surface area (Å²) in [4.78, 5) is 19.8. The van der Waals surface area contributed by atoms with Gasteiger partial charge < -0.3 is 14.5 Å². The molecular formula is C25H23IN4O3S. The number of thioether (sulfide) groups is 1. The van der Waals surface area contributed by atoms with E-state index in [1.807, 2.05) is 73.7 Å². The Bertz CT molecular complexity index is 1260. The van der Waals surface area contributed by atoms with Crippen LogP contribution in [0.25, 0.3) is 11.0 Å². The number of H-pyrrole nitrogens is 1. The number of imidazole rings is 1. The number of carbonyl (C=O) groups excluding carboxylic acids is 1.